The molecule has 1 fully saturated rings. The Morgan fingerprint density at radius 2 is 1.85 bits per heavy atom. The standard InChI is InChI=1S/C23H22F2N6O2/c1-29-6-8-30(9-7-29)23(33)14-2-4-16(5-3-14)31-13-21(27-28-31)18-12-17-19(25)10-15(24)11-20(17)26-22(18)32/h2,4,10-13H,3,5-9H2,1H3,(H,26,32). The number of hydrogen-bond donors (Lipinski definition) is 1. The van der Waals surface area contributed by atoms with Gasteiger partial charge in [0.1, 0.15) is 17.3 Å². The van der Waals surface area contributed by atoms with E-state index in [0.717, 1.165) is 49.6 Å². The van der Waals surface area contributed by atoms with E-state index < -0.39 is 17.2 Å². The largest absolute Gasteiger partial charge is 0.336 e. The van der Waals surface area contributed by atoms with Crippen molar-refractivity contribution in [1.29, 1.82) is 0 Å². The van der Waals surface area contributed by atoms with Crippen molar-refractivity contribution in [2.45, 2.75) is 12.8 Å². The van der Waals surface area contributed by atoms with Crippen LogP contribution in [0.1, 0.15) is 12.8 Å². The van der Waals surface area contributed by atoms with Crippen molar-refractivity contribution in [2.75, 3.05) is 33.2 Å². The first-order valence-corrected chi connectivity index (χ1v) is 10.7. The topological polar surface area (TPSA) is 87.1 Å². The van der Waals surface area contributed by atoms with Crippen LogP contribution in [0.2, 0.25) is 0 Å². The van der Waals surface area contributed by atoms with Crippen molar-refractivity contribution in [3.05, 3.63) is 64.1 Å². The first-order valence-electron chi connectivity index (χ1n) is 10.7. The lowest BCUT2D eigenvalue weighted by atomic mass is 10.0. The first-order chi connectivity index (χ1) is 15.9. The zero-order chi connectivity index (χ0) is 23.1. The van der Waals surface area contributed by atoms with Gasteiger partial charge in [0.15, 0.2) is 0 Å². The summed E-state index contributed by atoms with van der Waals surface area (Å²) in [4.78, 5) is 31.8. The molecule has 0 unspecified atom stereocenters. The summed E-state index contributed by atoms with van der Waals surface area (Å²) in [6, 6.07) is 3.18. The molecule has 1 saturated heterocycles. The predicted molar refractivity (Wildman–Crippen MR) is 119 cm³/mol. The smallest absolute Gasteiger partial charge is 0.258 e. The number of nitrogens with one attached hydrogen (secondary N) is 1. The summed E-state index contributed by atoms with van der Waals surface area (Å²) in [5.41, 5.74) is 1.55. The maximum Gasteiger partial charge on any atom is 0.258 e. The molecule has 1 aliphatic carbocycles. The Kier molecular flexibility index (Phi) is 5.37. The molecule has 2 aliphatic rings. The van der Waals surface area contributed by atoms with Crippen molar-refractivity contribution in [3.8, 4) is 11.3 Å². The number of aromatic nitrogens is 4. The summed E-state index contributed by atoms with van der Waals surface area (Å²) >= 11 is 0. The lowest BCUT2D eigenvalue weighted by Crippen LogP contribution is -2.47. The zero-order valence-electron chi connectivity index (χ0n) is 18.0. The van der Waals surface area contributed by atoms with Gasteiger partial charge in [0.2, 0.25) is 5.91 Å². The van der Waals surface area contributed by atoms with Crippen molar-refractivity contribution in [3.63, 3.8) is 0 Å². The molecule has 1 N–H and O–H groups in total. The fraction of sp³-hybridized carbons (Fsp3) is 0.304. The van der Waals surface area contributed by atoms with Gasteiger partial charge in [-0.15, -0.1) is 5.10 Å². The van der Waals surface area contributed by atoms with Crippen LogP contribution in [0.15, 0.2) is 46.9 Å². The van der Waals surface area contributed by atoms with Gasteiger partial charge in [-0.2, -0.15) is 0 Å². The highest BCUT2D eigenvalue weighted by atomic mass is 19.1. The third-order valence-corrected chi connectivity index (χ3v) is 6.13. The third-order valence-electron chi connectivity index (χ3n) is 6.13. The molecular formula is C23H22F2N6O2. The van der Waals surface area contributed by atoms with E-state index in [1.807, 2.05) is 24.1 Å². The lowest BCUT2D eigenvalue weighted by Gasteiger charge is -2.33. The molecule has 10 heteroatoms. The van der Waals surface area contributed by atoms with Crippen LogP contribution in [0.25, 0.3) is 27.9 Å². The normalized spacial score (nSPS) is 17.2. The molecular weight excluding hydrogens is 430 g/mol. The van der Waals surface area contributed by atoms with Crippen LogP contribution < -0.4 is 5.56 Å². The molecule has 1 aromatic carbocycles. The Morgan fingerprint density at radius 1 is 1.06 bits per heavy atom. The molecule has 0 radical (unpaired) electrons. The number of amides is 1. The second-order valence-corrected chi connectivity index (χ2v) is 8.35. The summed E-state index contributed by atoms with van der Waals surface area (Å²) in [6.07, 6.45) is 6.41. The highest BCUT2D eigenvalue weighted by molar-refractivity contribution is 5.94. The number of nitrogens with zero attached hydrogens (tertiary/aromatic N) is 5. The number of carbonyl (C=O) groups is 1. The molecule has 0 saturated carbocycles. The number of likely N-dealkylation sites (N-methyl/N-ethyl adjacent to an activating group) is 1. The molecule has 5 rings (SSSR count). The number of H-pyrrole nitrogens is 1. The Balaban J connectivity index is 1.39. The van der Waals surface area contributed by atoms with Crippen molar-refractivity contribution < 1.29 is 13.6 Å². The van der Waals surface area contributed by atoms with Gasteiger partial charge in [-0.05, 0) is 38.1 Å². The molecule has 170 valence electrons. The average molecular weight is 452 g/mol. The maximum absolute atomic E-state index is 14.2. The van der Waals surface area contributed by atoms with E-state index in [1.54, 1.807) is 10.9 Å². The number of hydrogen-bond acceptors (Lipinski definition) is 5. The van der Waals surface area contributed by atoms with Crippen molar-refractivity contribution in [1.82, 2.24) is 29.8 Å². The second-order valence-electron chi connectivity index (χ2n) is 8.35. The zero-order valence-corrected chi connectivity index (χ0v) is 18.0. The second kappa shape index (κ2) is 8.36. The van der Waals surface area contributed by atoms with E-state index in [9.17, 15) is 18.4 Å². The average Bonchev–Trinajstić information content (AvgIpc) is 3.29. The molecule has 0 atom stereocenters. The van der Waals surface area contributed by atoms with Gasteiger partial charge < -0.3 is 14.8 Å². The van der Waals surface area contributed by atoms with E-state index in [2.05, 4.69) is 20.2 Å². The highest BCUT2D eigenvalue weighted by Crippen LogP contribution is 2.26. The van der Waals surface area contributed by atoms with Crippen LogP contribution in [0.4, 0.5) is 8.78 Å². The predicted octanol–water partition coefficient (Wildman–Crippen LogP) is 2.40. The van der Waals surface area contributed by atoms with Crippen molar-refractivity contribution in [2.24, 2.45) is 0 Å². The van der Waals surface area contributed by atoms with Gasteiger partial charge in [-0.3, -0.25) is 9.59 Å². The van der Waals surface area contributed by atoms with Gasteiger partial charge in [0, 0.05) is 48.9 Å². The SMILES string of the molecule is CN1CCN(C(=O)C2=CC=C(n3cc(-c4cc5c(F)cc(F)cc5[nH]c4=O)nn3)CC2)CC1. The molecule has 2 aromatic heterocycles. The number of benzene rings is 1. The minimum atomic E-state index is -0.771. The van der Waals surface area contributed by atoms with Crippen LogP contribution in [-0.4, -0.2) is 68.9 Å². The van der Waals surface area contributed by atoms with Gasteiger partial charge in [-0.1, -0.05) is 11.3 Å². The quantitative estimate of drug-likeness (QED) is 0.660. The van der Waals surface area contributed by atoms with Gasteiger partial charge in [0.05, 0.1) is 17.3 Å². The number of aromatic amines is 1. The Morgan fingerprint density at radius 3 is 2.58 bits per heavy atom. The Labute approximate surface area is 187 Å². The summed E-state index contributed by atoms with van der Waals surface area (Å²) < 4.78 is 29.2. The molecule has 0 bridgehead atoms. The van der Waals surface area contributed by atoms with Crippen LogP contribution in [0, 0.1) is 11.6 Å². The van der Waals surface area contributed by atoms with E-state index >= 15 is 0 Å². The summed E-state index contributed by atoms with van der Waals surface area (Å²) in [5.74, 6) is -1.47. The summed E-state index contributed by atoms with van der Waals surface area (Å²) in [7, 11) is 2.05. The molecule has 1 aliphatic heterocycles. The Bertz CT molecular complexity index is 1370. The highest BCUT2D eigenvalue weighted by Gasteiger charge is 2.23. The van der Waals surface area contributed by atoms with Gasteiger partial charge in [-0.25, -0.2) is 13.5 Å². The number of rotatable bonds is 3. The number of allylic oxidation sites excluding steroid dienone is 3. The first kappa shape index (κ1) is 21.2. The van der Waals surface area contributed by atoms with Crippen LogP contribution >= 0.6 is 0 Å². The Hall–Kier alpha value is -3.66. The van der Waals surface area contributed by atoms with Gasteiger partial charge >= 0.3 is 0 Å². The van der Waals surface area contributed by atoms with Crippen LogP contribution in [-0.2, 0) is 4.79 Å². The fourth-order valence-corrected chi connectivity index (χ4v) is 4.16. The molecule has 1 amide bonds. The molecule has 3 heterocycles. The van der Waals surface area contributed by atoms with E-state index in [-0.39, 0.29) is 28.1 Å². The van der Waals surface area contributed by atoms with Gasteiger partial charge in [0.25, 0.3) is 5.56 Å². The number of halogens is 2. The lowest BCUT2D eigenvalue weighted by molar-refractivity contribution is -0.128. The number of carbonyl (C=O) groups excluding carboxylic acids is 1. The van der Waals surface area contributed by atoms with Crippen LogP contribution in [0.3, 0.4) is 0 Å². The third kappa shape index (κ3) is 4.09. The molecule has 8 nitrogen and oxygen atoms in total. The van der Waals surface area contributed by atoms with E-state index in [4.69, 9.17) is 0 Å². The number of fused-ring (bicyclic) bond motifs is 1. The molecule has 33 heavy (non-hydrogen) atoms. The summed E-state index contributed by atoms with van der Waals surface area (Å²) in [5, 5.41) is 8.26. The number of pyridine rings is 1. The fourth-order valence-electron chi connectivity index (χ4n) is 4.16. The molecule has 3 aromatic rings. The van der Waals surface area contributed by atoms with Crippen molar-refractivity contribution >= 4 is 22.5 Å². The monoisotopic (exact) mass is 452 g/mol. The van der Waals surface area contributed by atoms with E-state index in [1.165, 1.54) is 6.07 Å². The summed E-state index contributed by atoms with van der Waals surface area (Å²) in [6.45, 7) is 3.19. The minimum Gasteiger partial charge on any atom is -0.336 e. The number of piperazine rings is 1. The molecule has 0 spiro atoms. The minimum absolute atomic E-state index is 0.0684. The van der Waals surface area contributed by atoms with Crippen LogP contribution in [0.5, 0.6) is 0 Å². The van der Waals surface area contributed by atoms with E-state index in [0.29, 0.717) is 12.8 Å². The maximum atomic E-state index is 14.2.